The predicted molar refractivity (Wildman–Crippen MR) is 83.0 cm³/mol. The van der Waals surface area contributed by atoms with Gasteiger partial charge >= 0.3 is 5.97 Å². The summed E-state index contributed by atoms with van der Waals surface area (Å²) < 4.78 is 5.12. The predicted octanol–water partition coefficient (Wildman–Crippen LogP) is 2.58. The van der Waals surface area contributed by atoms with Crippen LogP contribution in [0.15, 0.2) is 36.0 Å². The Morgan fingerprint density at radius 1 is 1.41 bits per heavy atom. The van der Waals surface area contributed by atoms with E-state index in [1.165, 1.54) is 0 Å². The Balaban J connectivity index is 2.24. The maximum absolute atomic E-state index is 12.4. The van der Waals surface area contributed by atoms with Crippen molar-refractivity contribution in [2.75, 3.05) is 20.2 Å². The number of ether oxygens (including phenoxy) is 1. The van der Waals surface area contributed by atoms with Gasteiger partial charge in [0.1, 0.15) is 12.3 Å². The quantitative estimate of drug-likeness (QED) is 0.669. The molecule has 1 heterocycles. The largest absolute Gasteiger partial charge is 0.497 e. The van der Waals surface area contributed by atoms with Gasteiger partial charge in [0.05, 0.1) is 7.11 Å². The second-order valence-electron chi connectivity index (χ2n) is 6.32. The minimum absolute atomic E-state index is 0.0318. The van der Waals surface area contributed by atoms with E-state index >= 15 is 0 Å². The van der Waals surface area contributed by atoms with Crippen LogP contribution in [-0.4, -0.2) is 42.0 Å². The monoisotopic (exact) mass is 303 g/mol. The lowest BCUT2D eigenvalue weighted by Crippen LogP contribution is -2.28. The first kappa shape index (κ1) is 16.1. The lowest BCUT2D eigenvalue weighted by Gasteiger charge is -2.19. The average molecular weight is 303 g/mol. The molecule has 0 bridgehead atoms. The summed E-state index contributed by atoms with van der Waals surface area (Å²) in [5, 5.41) is 9.01. The van der Waals surface area contributed by atoms with Gasteiger partial charge in [-0.2, -0.15) is 0 Å². The summed E-state index contributed by atoms with van der Waals surface area (Å²) in [7, 11) is 1.55. The molecule has 1 aromatic carbocycles. The van der Waals surface area contributed by atoms with Gasteiger partial charge in [0.15, 0.2) is 5.78 Å². The number of carboxylic acid groups (broad SMARTS) is 1. The molecule has 5 heteroatoms. The fourth-order valence-electron chi connectivity index (χ4n) is 2.75. The molecule has 1 saturated heterocycles. The second-order valence-corrected chi connectivity index (χ2v) is 6.32. The first-order valence-electron chi connectivity index (χ1n) is 7.16. The number of rotatable bonds is 5. The molecular weight excluding hydrogens is 282 g/mol. The number of carbonyl (C=O) groups is 2. The Hall–Kier alpha value is -2.30. The standard InChI is InChI=1S/C17H21NO4/c1-17(2)9-13(18(11-17)10-16(20)21)8-15(19)12-5-4-6-14(7-12)22-3/h4-8H,9-11H2,1-3H3,(H,20,21)/b13-8+. The fraction of sp³-hybridized carbons (Fsp3) is 0.412. The molecule has 1 fully saturated rings. The summed E-state index contributed by atoms with van der Waals surface area (Å²) in [6, 6.07) is 6.95. The van der Waals surface area contributed by atoms with E-state index in [-0.39, 0.29) is 17.7 Å². The van der Waals surface area contributed by atoms with Crippen LogP contribution in [0.25, 0.3) is 0 Å². The molecule has 0 aromatic heterocycles. The van der Waals surface area contributed by atoms with Crippen molar-refractivity contribution in [2.24, 2.45) is 5.41 Å². The van der Waals surface area contributed by atoms with Crippen molar-refractivity contribution in [3.8, 4) is 5.75 Å². The highest BCUT2D eigenvalue weighted by molar-refractivity contribution is 6.05. The molecule has 1 aromatic rings. The molecule has 0 atom stereocenters. The van der Waals surface area contributed by atoms with Crippen LogP contribution in [0.3, 0.4) is 0 Å². The number of aliphatic carboxylic acids is 1. The van der Waals surface area contributed by atoms with E-state index in [0.29, 0.717) is 24.3 Å². The van der Waals surface area contributed by atoms with E-state index in [9.17, 15) is 9.59 Å². The van der Waals surface area contributed by atoms with Gasteiger partial charge in [-0.1, -0.05) is 26.0 Å². The van der Waals surface area contributed by atoms with Crippen LogP contribution in [-0.2, 0) is 4.79 Å². The molecule has 0 amide bonds. The Kier molecular flexibility index (Phi) is 4.54. The van der Waals surface area contributed by atoms with E-state index < -0.39 is 5.97 Å². The molecule has 22 heavy (non-hydrogen) atoms. The van der Waals surface area contributed by atoms with Gasteiger partial charge in [-0.15, -0.1) is 0 Å². The van der Waals surface area contributed by atoms with E-state index in [1.807, 2.05) is 0 Å². The van der Waals surface area contributed by atoms with Crippen LogP contribution >= 0.6 is 0 Å². The van der Waals surface area contributed by atoms with Crippen LogP contribution in [0.4, 0.5) is 0 Å². The van der Waals surface area contributed by atoms with Gasteiger partial charge in [0, 0.05) is 23.9 Å². The van der Waals surface area contributed by atoms with Crippen LogP contribution < -0.4 is 4.74 Å². The van der Waals surface area contributed by atoms with Gasteiger partial charge in [-0.05, 0) is 24.0 Å². The summed E-state index contributed by atoms with van der Waals surface area (Å²) in [6.07, 6.45) is 2.24. The van der Waals surface area contributed by atoms with Gasteiger partial charge in [-0.25, -0.2) is 0 Å². The second kappa shape index (κ2) is 6.22. The van der Waals surface area contributed by atoms with Crippen molar-refractivity contribution >= 4 is 11.8 Å². The minimum atomic E-state index is -0.891. The van der Waals surface area contributed by atoms with Crippen molar-refractivity contribution in [3.05, 3.63) is 41.6 Å². The lowest BCUT2D eigenvalue weighted by molar-refractivity contribution is -0.137. The number of hydrogen-bond donors (Lipinski definition) is 1. The Morgan fingerprint density at radius 2 is 2.14 bits per heavy atom. The molecule has 118 valence electrons. The number of nitrogens with zero attached hydrogens (tertiary/aromatic N) is 1. The highest BCUT2D eigenvalue weighted by atomic mass is 16.5. The molecule has 1 aliphatic rings. The molecule has 1 aliphatic heterocycles. The van der Waals surface area contributed by atoms with Crippen molar-refractivity contribution < 1.29 is 19.4 Å². The molecule has 5 nitrogen and oxygen atoms in total. The molecule has 0 unspecified atom stereocenters. The summed E-state index contributed by atoms with van der Waals surface area (Å²) in [5.41, 5.74) is 1.28. The third-order valence-electron chi connectivity index (χ3n) is 3.66. The van der Waals surface area contributed by atoms with Gasteiger partial charge in [0.25, 0.3) is 0 Å². The van der Waals surface area contributed by atoms with Crippen LogP contribution in [0, 0.1) is 5.41 Å². The number of methoxy groups -OCH3 is 1. The maximum Gasteiger partial charge on any atom is 0.323 e. The zero-order chi connectivity index (χ0) is 16.3. The normalized spacial score (nSPS) is 18.5. The van der Waals surface area contributed by atoms with Crippen LogP contribution in [0.5, 0.6) is 5.75 Å². The molecule has 0 aliphatic carbocycles. The van der Waals surface area contributed by atoms with Crippen LogP contribution in [0.1, 0.15) is 30.6 Å². The third kappa shape index (κ3) is 3.87. The zero-order valence-electron chi connectivity index (χ0n) is 13.1. The van der Waals surface area contributed by atoms with Crippen molar-refractivity contribution in [1.82, 2.24) is 4.90 Å². The summed E-state index contributed by atoms with van der Waals surface area (Å²) in [4.78, 5) is 25.2. The Bertz CT molecular complexity index is 619. The zero-order valence-corrected chi connectivity index (χ0v) is 13.1. The molecular formula is C17H21NO4. The fourth-order valence-corrected chi connectivity index (χ4v) is 2.75. The van der Waals surface area contributed by atoms with Gasteiger partial charge in [0.2, 0.25) is 0 Å². The van der Waals surface area contributed by atoms with Crippen LogP contribution in [0.2, 0.25) is 0 Å². The van der Waals surface area contributed by atoms with E-state index in [2.05, 4.69) is 13.8 Å². The molecule has 0 spiro atoms. The van der Waals surface area contributed by atoms with Crippen molar-refractivity contribution in [1.29, 1.82) is 0 Å². The smallest absolute Gasteiger partial charge is 0.323 e. The molecule has 1 N–H and O–H groups in total. The van der Waals surface area contributed by atoms with E-state index in [0.717, 1.165) is 5.70 Å². The number of allylic oxidation sites excluding steroid dienone is 2. The summed E-state index contributed by atoms with van der Waals surface area (Å²) >= 11 is 0. The number of carboxylic acids is 1. The molecule has 0 radical (unpaired) electrons. The highest BCUT2D eigenvalue weighted by Crippen LogP contribution is 2.36. The van der Waals surface area contributed by atoms with E-state index in [4.69, 9.17) is 9.84 Å². The highest BCUT2D eigenvalue weighted by Gasteiger charge is 2.34. The number of ketones is 1. The average Bonchev–Trinajstić information content (AvgIpc) is 2.72. The summed E-state index contributed by atoms with van der Waals surface area (Å²) in [6.45, 7) is 4.69. The summed E-state index contributed by atoms with van der Waals surface area (Å²) in [5.74, 6) is -0.405. The first-order chi connectivity index (χ1) is 10.3. The number of carbonyl (C=O) groups excluding carboxylic acids is 1. The maximum atomic E-state index is 12.4. The lowest BCUT2D eigenvalue weighted by atomic mass is 9.92. The third-order valence-corrected chi connectivity index (χ3v) is 3.66. The van der Waals surface area contributed by atoms with Gasteiger partial charge < -0.3 is 14.7 Å². The van der Waals surface area contributed by atoms with Crippen molar-refractivity contribution in [3.63, 3.8) is 0 Å². The van der Waals surface area contributed by atoms with E-state index in [1.54, 1.807) is 42.4 Å². The molecule has 2 rings (SSSR count). The first-order valence-corrected chi connectivity index (χ1v) is 7.16. The minimum Gasteiger partial charge on any atom is -0.497 e. The number of likely N-dealkylation sites (tertiary alicyclic amines) is 1. The molecule has 0 saturated carbocycles. The number of benzene rings is 1. The topological polar surface area (TPSA) is 66.8 Å². The SMILES string of the molecule is COc1cccc(C(=O)/C=C2\CC(C)(C)CN2CC(=O)O)c1. The van der Waals surface area contributed by atoms with Crippen molar-refractivity contribution in [2.45, 2.75) is 20.3 Å². The van der Waals surface area contributed by atoms with Gasteiger partial charge in [-0.3, -0.25) is 9.59 Å². The number of hydrogen-bond acceptors (Lipinski definition) is 4. The Labute approximate surface area is 130 Å². The Morgan fingerprint density at radius 3 is 2.77 bits per heavy atom.